The number of hydrogen-bond donors (Lipinski definition) is 11. The summed E-state index contributed by atoms with van der Waals surface area (Å²) >= 11 is 0. The number of likely N-dealkylation sites (N-methyl/N-ethyl adjacent to an activating group) is 1. The lowest BCUT2D eigenvalue weighted by atomic mass is 9.79. The third-order valence-corrected chi connectivity index (χ3v) is 13.0. The van der Waals surface area contributed by atoms with Crippen molar-refractivity contribution in [1.82, 2.24) is 47.1 Å². The van der Waals surface area contributed by atoms with Gasteiger partial charge in [0.05, 0.1) is 6.04 Å². The van der Waals surface area contributed by atoms with Crippen LogP contribution in [0.15, 0.2) is 72.9 Å². The molecular weight excluding hydrogens is 833 g/mol. The van der Waals surface area contributed by atoms with Gasteiger partial charge in [0.1, 0.15) is 36.0 Å². The van der Waals surface area contributed by atoms with E-state index in [1.54, 1.807) is 13.2 Å². The van der Waals surface area contributed by atoms with Gasteiger partial charge in [-0.3, -0.25) is 29.4 Å². The predicted octanol–water partition coefficient (Wildman–Crippen LogP) is 0.452. The number of benzene rings is 3. The van der Waals surface area contributed by atoms with Crippen molar-refractivity contribution in [2.24, 2.45) is 11.5 Å². The number of para-hydroxylation sites is 1. The number of H-pyrrole nitrogens is 1. The van der Waals surface area contributed by atoms with E-state index in [0.717, 1.165) is 37.7 Å². The lowest BCUT2D eigenvalue weighted by molar-refractivity contribution is -0.138. The minimum absolute atomic E-state index is 0.0270. The van der Waals surface area contributed by atoms with Gasteiger partial charge in [-0.25, -0.2) is 9.69 Å². The monoisotopic (exact) mass is 890 g/mol. The first-order valence-corrected chi connectivity index (χ1v) is 22.1. The quantitative estimate of drug-likeness (QED) is 0.0318. The van der Waals surface area contributed by atoms with E-state index >= 15 is 0 Å². The van der Waals surface area contributed by atoms with Crippen molar-refractivity contribution in [3.8, 4) is 0 Å². The van der Waals surface area contributed by atoms with Gasteiger partial charge in [0, 0.05) is 35.6 Å². The van der Waals surface area contributed by atoms with Crippen LogP contribution in [0.3, 0.4) is 0 Å². The molecule has 3 heterocycles. The summed E-state index contributed by atoms with van der Waals surface area (Å²) in [7, 11) is 1.60. The van der Waals surface area contributed by atoms with Crippen molar-refractivity contribution in [2.45, 2.75) is 105 Å². The van der Waals surface area contributed by atoms with Crippen LogP contribution in [-0.4, -0.2) is 119 Å². The first-order chi connectivity index (χ1) is 31.3. The first-order valence-electron chi connectivity index (χ1n) is 22.1. The molecule has 7 amide bonds. The topological polar surface area (TPSA) is 299 Å². The van der Waals surface area contributed by atoms with Crippen molar-refractivity contribution in [3.05, 3.63) is 84.1 Å². The fraction of sp³-hybridized carbons (Fsp3) is 0.435. The van der Waals surface area contributed by atoms with Gasteiger partial charge in [0.15, 0.2) is 5.96 Å². The summed E-state index contributed by atoms with van der Waals surface area (Å²) in [6.07, 6.45) is 4.70. The molecule has 19 heteroatoms. The number of rotatable bonds is 16. The molecule has 0 bridgehead atoms. The molecule has 0 spiro atoms. The molecule has 1 aromatic heterocycles. The SMILES string of the molecule is CN[C@@H]1C(=O)N[C@@H](Cc2c[nH]c3ccccc23)C(=O)N[C@H](C(N)=O)CCCCNC1(CCNC(=N)N)CC[C@@H]1NC(=O)N(C2(C(=O)N[C@@H](C=O)Cc3ccc4ccccc4c3)CC2)C1=O. The van der Waals surface area contributed by atoms with Gasteiger partial charge in [0.25, 0.3) is 5.91 Å². The van der Waals surface area contributed by atoms with Gasteiger partial charge in [-0.05, 0) is 99.3 Å². The fourth-order valence-corrected chi connectivity index (χ4v) is 9.38. The largest absolute Gasteiger partial charge is 0.370 e. The number of imide groups is 1. The summed E-state index contributed by atoms with van der Waals surface area (Å²) in [6, 6.07) is 15.2. The van der Waals surface area contributed by atoms with Crippen LogP contribution >= 0.6 is 0 Å². The zero-order valence-electron chi connectivity index (χ0n) is 36.3. The minimum Gasteiger partial charge on any atom is -0.370 e. The molecule has 2 aliphatic heterocycles. The molecule has 2 saturated heterocycles. The highest BCUT2D eigenvalue weighted by atomic mass is 16.2. The van der Waals surface area contributed by atoms with Crippen molar-refractivity contribution in [1.29, 1.82) is 5.41 Å². The number of aromatic amines is 1. The number of nitrogens with zero attached hydrogens (tertiary/aromatic N) is 1. The van der Waals surface area contributed by atoms with Crippen LogP contribution in [0.1, 0.15) is 62.5 Å². The zero-order chi connectivity index (χ0) is 46.3. The first kappa shape index (κ1) is 46.1. The van der Waals surface area contributed by atoms with E-state index in [0.29, 0.717) is 25.7 Å². The lowest BCUT2D eigenvalue weighted by Gasteiger charge is -2.42. The maximum absolute atomic E-state index is 14.7. The van der Waals surface area contributed by atoms with E-state index in [9.17, 15) is 33.6 Å². The Kier molecular flexibility index (Phi) is 14.1. The number of hydrogen-bond acceptors (Lipinski definition) is 10. The number of nitrogens with two attached hydrogens (primary N) is 2. The average Bonchev–Trinajstić information content (AvgIpc) is 3.90. The third-order valence-electron chi connectivity index (χ3n) is 13.0. The smallest absolute Gasteiger partial charge is 0.325 e. The highest BCUT2D eigenvalue weighted by Crippen LogP contribution is 2.44. The number of primary amides is 1. The van der Waals surface area contributed by atoms with E-state index in [4.69, 9.17) is 16.9 Å². The Morgan fingerprint density at radius 2 is 1.68 bits per heavy atom. The maximum atomic E-state index is 14.7. The van der Waals surface area contributed by atoms with Crippen LogP contribution in [0, 0.1) is 5.41 Å². The Morgan fingerprint density at radius 1 is 0.923 bits per heavy atom. The Hall–Kier alpha value is -6.86. The Labute approximate surface area is 375 Å². The van der Waals surface area contributed by atoms with Gasteiger partial charge >= 0.3 is 6.03 Å². The predicted molar refractivity (Wildman–Crippen MR) is 243 cm³/mol. The van der Waals surface area contributed by atoms with E-state index < -0.39 is 76.9 Å². The second-order valence-electron chi connectivity index (χ2n) is 17.3. The summed E-state index contributed by atoms with van der Waals surface area (Å²) in [6.45, 7) is 0.468. The molecular formula is C46H58N12O7. The molecule has 344 valence electrons. The maximum Gasteiger partial charge on any atom is 0.325 e. The van der Waals surface area contributed by atoms with Gasteiger partial charge in [-0.2, -0.15) is 0 Å². The molecule has 3 fully saturated rings. The lowest BCUT2D eigenvalue weighted by Crippen LogP contribution is -2.67. The Morgan fingerprint density at radius 3 is 2.40 bits per heavy atom. The van der Waals surface area contributed by atoms with Gasteiger partial charge < -0.3 is 58.5 Å². The number of nitrogens with one attached hydrogen (secondary N) is 9. The zero-order valence-corrected chi connectivity index (χ0v) is 36.3. The van der Waals surface area contributed by atoms with Crippen LogP contribution in [-0.2, 0) is 41.6 Å². The minimum atomic E-state index is -1.47. The molecule has 1 unspecified atom stereocenters. The van der Waals surface area contributed by atoms with Crippen molar-refractivity contribution < 1.29 is 33.6 Å². The summed E-state index contributed by atoms with van der Waals surface area (Å²) in [4.78, 5) is 99.5. The van der Waals surface area contributed by atoms with E-state index in [1.807, 2.05) is 66.7 Å². The molecule has 19 nitrogen and oxygen atoms in total. The second kappa shape index (κ2) is 19.9. The number of aldehydes is 1. The molecule has 4 aromatic rings. The fourth-order valence-electron chi connectivity index (χ4n) is 9.38. The summed E-state index contributed by atoms with van der Waals surface area (Å²) in [5.41, 5.74) is 11.2. The normalized spacial score (nSPS) is 24.1. The van der Waals surface area contributed by atoms with Crippen molar-refractivity contribution in [3.63, 3.8) is 0 Å². The molecule has 1 aliphatic carbocycles. The van der Waals surface area contributed by atoms with Gasteiger partial charge in [-0.15, -0.1) is 0 Å². The number of urea groups is 1. The van der Waals surface area contributed by atoms with E-state index in [1.165, 1.54) is 0 Å². The van der Waals surface area contributed by atoms with Crippen LogP contribution in [0.25, 0.3) is 21.7 Å². The second-order valence-corrected chi connectivity index (χ2v) is 17.3. The van der Waals surface area contributed by atoms with Crippen LogP contribution in [0.5, 0.6) is 0 Å². The molecule has 3 aliphatic rings. The number of fused-ring (bicyclic) bond motifs is 2. The van der Waals surface area contributed by atoms with Crippen LogP contribution in [0.2, 0.25) is 0 Å². The molecule has 13 N–H and O–H groups in total. The Balaban J connectivity index is 1.11. The Bertz CT molecular complexity index is 2470. The molecule has 1 saturated carbocycles. The van der Waals surface area contributed by atoms with E-state index in [2.05, 4.69) is 42.2 Å². The standard InChI is InChI=1S/C46H58N12O7/c1-50-37-40(62)56-36(24-30-25-52-33-11-5-4-10-32(30)33)39(61)55-34(38(47)60)12-6-7-20-53-45(37,19-21-51-43(48)49)16-15-35-41(63)58(44(65)57-35)46(17-18-46)42(64)54-31(26-59)23-27-13-14-28-8-2-3-9-29(28)22-27/h2-5,8-11,13-14,22,25-26,31,34-37,50,52-53H,6-7,12,15-21,23-24H2,1H3,(H2,47,60)(H,54,64)(H,55,61)(H,56,62)(H,57,65)(H4,48,49,51)/t31-,34+,35+,36+,37-,45?/m1/s1. The van der Waals surface area contributed by atoms with Crippen molar-refractivity contribution >= 4 is 69.5 Å². The number of guanidine groups is 1. The van der Waals surface area contributed by atoms with E-state index in [-0.39, 0.29) is 63.9 Å². The number of amides is 7. The molecule has 0 radical (unpaired) electrons. The molecule has 65 heavy (non-hydrogen) atoms. The molecule has 3 aromatic carbocycles. The molecule has 6 atom stereocenters. The summed E-state index contributed by atoms with van der Waals surface area (Å²) in [5, 5.41) is 31.5. The summed E-state index contributed by atoms with van der Waals surface area (Å²) < 4.78 is 0. The van der Waals surface area contributed by atoms with Crippen LogP contribution in [0.4, 0.5) is 4.79 Å². The summed E-state index contributed by atoms with van der Waals surface area (Å²) in [5.74, 6) is -3.37. The van der Waals surface area contributed by atoms with Gasteiger partial charge in [-0.1, -0.05) is 60.7 Å². The number of aromatic nitrogens is 1. The van der Waals surface area contributed by atoms with Crippen LogP contribution < -0.4 is 48.7 Å². The molecule has 7 rings (SSSR count). The van der Waals surface area contributed by atoms with Gasteiger partial charge in [0.2, 0.25) is 23.6 Å². The average molecular weight is 891 g/mol. The highest BCUT2D eigenvalue weighted by molar-refractivity contribution is 6.10. The highest BCUT2D eigenvalue weighted by Gasteiger charge is 2.62. The third kappa shape index (κ3) is 10.3. The van der Waals surface area contributed by atoms with Crippen molar-refractivity contribution in [2.75, 3.05) is 20.1 Å². The number of carbonyl (C=O) groups is 7. The number of carbonyl (C=O) groups excluding carboxylic acids is 7.